The van der Waals surface area contributed by atoms with E-state index in [9.17, 15) is 19.2 Å². The molecule has 1 heterocycles. The van der Waals surface area contributed by atoms with Gasteiger partial charge in [-0.3, -0.25) is 14.9 Å². The van der Waals surface area contributed by atoms with Gasteiger partial charge in [-0.2, -0.15) is 0 Å². The van der Waals surface area contributed by atoms with Crippen molar-refractivity contribution in [3.8, 4) is 5.75 Å². The van der Waals surface area contributed by atoms with Crippen molar-refractivity contribution in [2.45, 2.75) is 6.92 Å². The van der Waals surface area contributed by atoms with E-state index in [1.165, 1.54) is 25.3 Å². The highest BCUT2D eigenvalue weighted by atomic mass is 16.5. The Morgan fingerprint density at radius 2 is 1.69 bits per heavy atom. The third-order valence-electron chi connectivity index (χ3n) is 4.15. The lowest BCUT2D eigenvalue weighted by molar-refractivity contribution is -0.122. The van der Waals surface area contributed by atoms with Crippen molar-refractivity contribution in [3.05, 3.63) is 65.2 Å². The van der Waals surface area contributed by atoms with Crippen LogP contribution in [0.4, 0.5) is 10.5 Å². The zero-order valence-corrected chi connectivity index (χ0v) is 15.8. The average molecular weight is 394 g/mol. The molecule has 1 N–H and O–H groups in total. The summed E-state index contributed by atoms with van der Waals surface area (Å²) in [6, 6.07) is 11.7. The summed E-state index contributed by atoms with van der Waals surface area (Å²) in [6.45, 7) is 2.33. The highest BCUT2D eigenvalue weighted by molar-refractivity contribution is 6.39. The Morgan fingerprint density at radius 3 is 2.28 bits per heavy atom. The minimum absolute atomic E-state index is 0.204. The smallest absolute Gasteiger partial charge is 0.337 e. The van der Waals surface area contributed by atoms with Gasteiger partial charge in [0, 0.05) is 0 Å². The van der Waals surface area contributed by atoms with Crippen molar-refractivity contribution < 1.29 is 28.7 Å². The van der Waals surface area contributed by atoms with Crippen LogP contribution in [0.1, 0.15) is 22.8 Å². The molecule has 1 fully saturated rings. The molecule has 0 radical (unpaired) electrons. The number of benzene rings is 2. The van der Waals surface area contributed by atoms with Crippen LogP contribution in [0.2, 0.25) is 0 Å². The summed E-state index contributed by atoms with van der Waals surface area (Å²) in [5.74, 6) is -1.44. The van der Waals surface area contributed by atoms with E-state index < -0.39 is 23.8 Å². The number of ether oxygens (including phenoxy) is 2. The summed E-state index contributed by atoms with van der Waals surface area (Å²) in [5.41, 5.74) is 0.942. The quantitative estimate of drug-likeness (QED) is 0.475. The van der Waals surface area contributed by atoms with Gasteiger partial charge < -0.3 is 9.47 Å². The Kier molecular flexibility index (Phi) is 5.73. The molecule has 0 aliphatic carbocycles. The van der Waals surface area contributed by atoms with Crippen LogP contribution in [-0.2, 0) is 14.3 Å². The number of carbonyl (C=O) groups excluding carboxylic acids is 4. The minimum Gasteiger partial charge on any atom is -0.494 e. The average Bonchev–Trinajstić information content (AvgIpc) is 2.72. The van der Waals surface area contributed by atoms with Gasteiger partial charge in [0.15, 0.2) is 0 Å². The molecule has 3 rings (SSSR count). The fourth-order valence-electron chi connectivity index (χ4n) is 2.75. The monoisotopic (exact) mass is 394 g/mol. The van der Waals surface area contributed by atoms with Crippen molar-refractivity contribution in [2.24, 2.45) is 0 Å². The Hall–Kier alpha value is -3.94. The lowest BCUT2D eigenvalue weighted by atomic mass is 10.1. The number of barbiturate groups is 1. The Labute approximate surface area is 166 Å². The number of nitrogens with zero attached hydrogens (tertiary/aromatic N) is 1. The van der Waals surface area contributed by atoms with Crippen molar-refractivity contribution in [3.63, 3.8) is 0 Å². The van der Waals surface area contributed by atoms with E-state index in [2.05, 4.69) is 10.1 Å². The van der Waals surface area contributed by atoms with Crippen LogP contribution in [0, 0.1) is 0 Å². The number of amides is 4. The second-order valence-electron chi connectivity index (χ2n) is 6.00. The molecule has 29 heavy (non-hydrogen) atoms. The molecule has 0 aromatic heterocycles. The first-order chi connectivity index (χ1) is 13.9. The maximum Gasteiger partial charge on any atom is 0.337 e. The zero-order chi connectivity index (χ0) is 21.0. The standard InChI is InChI=1S/C21H18N2O6/c1-3-29-16-10-8-15(9-11-16)23-19(25)17(18(24)22-21(23)27)12-13-4-6-14(7-5-13)20(26)28-2/h4-12H,3H2,1-2H3,(H,22,24,27). The molecule has 8 nitrogen and oxygen atoms in total. The molecule has 0 spiro atoms. The molecule has 2 aromatic carbocycles. The van der Waals surface area contributed by atoms with Crippen LogP contribution < -0.4 is 15.0 Å². The first kappa shape index (κ1) is 19.8. The number of rotatable bonds is 5. The predicted molar refractivity (Wildman–Crippen MR) is 104 cm³/mol. The minimum atomic E-state index is -0.831. The number of carbonyl (C=O) groups is 4. The molecule has 0 bridgehead atoms. The topological polar surface area (TPSA) is 102 Å². The summed E-state index contributed by atoms with van der Waals surface area (Å²) in [5, 5.41) is 2.16. The number of methoxy groups -OCH3 is 1. The molecule has 148 valence electrons. The Morgan fingerprint density at radius 1 is 1.03 bits per heavy atom. The van der Waals surface area contributed by atoms with E-state index in [-0.39, 0.29) is 5.57 Å². The van der Waals surface area contributed by atoms with E-state index in [1.807, 2.05) is 6.92 Å². The summed E-state index contributed by atoms with van der Waals surface area (Å²) in [4.78, 5) is 49.7. The molecule has 0 saturated carbocycles. The van der Waals surface area contributed by atoms with E-state index in [0.29, 0.717) is 29.2 Å². The largest absolute Gasteiger partial charge is 0.494 e. The van der Waals surface area contributed by atoms with Gasteiger partial charge in [0.25, 0.3) is 11.8 Å². The number of urea groups is 1. The fourth-order valence-corrected chi connectivity index (χ4v) is 2.75. The molecule has 4 amide bonds. The van der Waals surface area contributed by atoms with Gasteiger partial charge in [0.1, 0.15) is 11.3 Å². The van der Waals surface area contributed by atoms with Crippen LogP contribution in [0.5, 0.6) is 5.75 Å². The molecule has 1 aliphatic heterocycles. The van der Waals surface area contributed by atoms with Crippen molar-refractivity contribution in [2.75, 3.05) is 18.6 Å². The first-order valence-corrected chi connectivity index (χ1v) is 8.77. The van der Waals surface area contributed by atoms with Gasteiger partial charge in [-0.15, -0.1) is 0 Å². The summed E-state index contributed by atoms with van der Waals surface area (Å²) in [6.07, 6.45) is 1.35. The summed E-state index contributed by atoms with van der Waals surface area (Å²) in [7, 11) is 1.27. The molecule has 8 heteroatoms. The Balaban J connectivity index is 1.90. The fraction of sp³-hybridized carbons (Fsp3) is 0.143. The second-order valence-corrected chi connectivity index (χ2v) is 6.00. The van der Waals surface area contributed by atoms with Crippen LogP contribution >= 0.6 is 0 Å². The van der Waals surface area contributed by atoms with Gasteiger partial charge in [-0.25, -0.2) is 14.5 Å². The highest BCUT2D eigenvalue weighted by Gasteiger charge is 2.36. The predicted octanol–water partition coefficient (Wildman–Crippen LogP) is 2.54. The zero-order valence-electron chi connectivity index (χ0n) is 15.8. The van der Waals surface area contributed by atoms with E-state index in [4.69, 9.17) is 4.74 Å². The Bertz CT molecular complexity index is 993. The first-order valence-electron chi connectivity index (χ1n) is 8.77. The van der Waals surface area contributed by atoms with E-state index >= 15 is 0 Å². The number of imide groups is 2. The lowest BCUT2D eigenvalue weighted by Gasteiger charge is -2.26. The van der Waals surface area contributed by atoms with Gasteiger partial charge in [-0.05, 0) is 55.0 Å². The van der Waals surface area contributed by atoms with Crippen molar-refractivity contribution in [1.29, 1.82) is 0 Å². The van der Waals surface area contributed by atoms with Crippen molar-refractivity contribution >= 4 is 35.6 Å². The molecule has 0 unspecified atom stereocenters. The second kappa shape index (κ2) is 8.39. The normalized spacial score (nSPS) is 15.3. The van der Waals surface area contributed by atoms with Crippen LogP contribution in [-0.4, -0.2) is 37.5 Å². The SMILES string of the molecule is CCOc1ccc(N2C(=O)NC(=O)C(=Cc3ccc(C(=O)OC)cc3)C2=O)cc1. The molecule has 1 aliphatic rings. The molecular weight excluding hydrogens is 376 g/mol. The van der Waals surface area contributed by atoms with Crippen LogP contribution in [0.3, 0.4) is 0 Å². The molecular formula is C21H18N2O6. The molecule has 1 saturated heterocycles. The molecule has 0 atom stereocenters. The maximum absolute atomic E-state index is 12.9. The van der Waals surface area contributed by atoms with Gasteiger partial charge in [0.2, 0.25) is 0 Å². The third kappa shape index (κ3) is 4.16. The van der Waals surface area contributed by atoms with Crippen molar-refractivity contribution in [1.82, 2.24) is 5.32 Å². The van der Waals surface area contributed by atoms with Gasteiger partial charge in [0.05, 0.1) is 25.0 Å². The van der Waals surface area contributed by atoms with Crippen LogP contribution in [0.15, 0.2) is 54.1 Å². The van der Waals surface area contributed by atoms with Crippen LogP contribution in [0.25, 0.3) is 6.08 Å². The maximum atomic E-state index is 12.9. The summed E-state index contributed by atoms with van der Waals surface area (Å²) >= 11 is 0. The number of hydrogen-bond donors (Lipinski definition) is 1. The lowest BCUT2D eigenvalue weighted by Crippen LogP contribution is -2.54. The highest BCUT2D eigenvalue weighted by Crippen LogP contribution is 2.24. The van der Waals surface area contributed by atoms with E-state index in [0.717, 1.165) is 4.90 Å². The number of esters is 1. The van der Waals surface area contributed by atoms with E-state index in [1.54, 1.807) is 36.4 Å². The third-order valence-corrected chi connectivity index (χ3v) is 4.15. The number of nitrogens with one attached hydrogen (secondary N) is 1. The number of anilines is 1. The van der Waals surface area contributed by atoms with Gasteiger partial charge in [-0.1, -0.05) is 12.1 Å². The number of hydrogen-bond acceptors (Lipinski definition) is 6. The summed E-state index contributed by atoms with van der Waals surface area (Å²) < 4.78 is 9.98. The molecule has 2 aromatic rings. The van der Waals surface area contributed by atoms with Gasteiger partial charge >= 0.3 is 12.0 Å².